The van der Waals surface area contributed by atoms with Gasteiger partial charge in [0.15, 0.2) is 0 Å². The van der Waals surface area contributed by atoms with Crippen molar-refractivity contribution in [3.8, 4) is 22.3 Å². The lowest BCUT2D eigenvalue weighted by atomic mass is 9.36. The Balaban J connectivity index is 1.32. The molecule has 3 heterocycles. The molecule has 4 heteroatoms. The van der Waals surface area contributed by atoms with Crippen LogP contribution in [0.4, 0.5) is 34.1 Å². The molecule has 11 rings (SSSR count). The Kier molecular flexibility index (Phi) is 10.8. The van der Waals surface area contributed by atoms with Crippen LogP contribution in [0.3, 0.4) is 0 Å². The lowest BCUT2D eigenvalue weighted by molar-refractivity contribution is 0.332. The van der Waals surface area contributed by atoms with Crippen LogP contribution in [-0.2, 0) is 27.1 Å². The Morgan fingerprint density at radius 3 is 1.70 bits per heavy atom. The second kappa shape index (κ2) is 16.1. The van der Waals surface area contributed by atoms with E-state index in [0.717, 1.165) is 6.42 Å². The van der Waals surface area contributed by atoms with Crippen LogP contribution in [0.1, 0.15) is 147 Å². The summed E-state index contributed by atoms with van der Waals surface area (Å²) in [5.41, 5.74) is 26.3. The molecule has 1 aromatic heterocycles. The van der Waals surface area contributed by atoms with Gasteiger partial charge in [0.25, 0.3) is 6.71 Å². The van der Waals surface area contributed by atoms with Crippen LogP contribution >= 0.6 is 11.3 Å². The average molecular weight is 949 g/mol. The zero-order valence-corrected chi connectivity index (χ0v) is 46.2. The van der Waals surface area contributed by atoms with E-state index in [1.165, 1.54) is 133 Å². The highest BCUT2D eigenvalue weighted by molar-refractivity contribution is 7.33. The molecule has 8 aromatic rings. The molecule has 7 aromatic carbocycles. The summed E-state index contributed by atoms with van der Waals surface area (Å²) in [4.78, 5) is 5.39. The Morgan fingerprint density at radius 2 is 1.07 bits per heavy atom. The highest BCUT2D eigenvalue weighted by Crippen LogP contribution is 2.54. The van der Waals surface area contributed by atoms with E-state index in [1.54, 1.807) is 0 Å². The minimum atomic E-state index is -0.0497. The molecule has 2 aliphatic heterocycles. The molecule has 0 saturated carbocycles. The molecule has 71 heavy (non-hydrogen) atoms. The standard InChI is InChI=1S/C67H73BN2S/c1-40-32-41(2)59(42(3)33-40)44-34-56-60-57(35-44)70(54-28-23-45(63(4,5)6)36-50(54)43-20-18-17-19-21-43)55-29-24-46(64(7,8)9)37-53(55)68(60)62-61(49-26-22-47(65(10,11)12)38-58(49)71-62)69(56)48-25-27-51-52(39-48)67(15,16)31-30-66(51,13)14/h17-29,32-39H,30-31H2,1-16H3. The summed E-state index contributed by atoms with van der Waals surface area (Å²) >= 11 is 2.02. The molecule has 0 spiro atoms. The first kappa shape index (κ1) is 47.5. The van der Waals surface area contributed by atoms with Crippen LogP contribution in [0.25, 0.3) is 32.3 Å². The van der Waals surface area contributed by atoms with E-state index < -0.39 is 0 Å². The molecule has 360 valence electrons. The third kappa shape index (κ3) is 7.72. The normalized spacial score (nSPS) is 15.9. The summed E-state index contributed by atoms with van der Waals surface area (Å²) in [5, 5.41) is 1.33. The molecular weight excluding hydrogens is 876 g/mol. The van der Waals surface area contributed by atoms with Crippen LogP contribution in [-0.4, -0.2) is 6.71 Å². The molecule has 0 bridgehead atoms. The van der Waals surface area contributed by atoms with Crippen molar-refractivity contribution in [3.05, 3.63) is 172 Å². The Hall–Kier alpha value is -5.84. The fourth-order valence-corrected chi connectivity index (χ4v) is 13.8. The van der Waals surface area contributed by atoms with Gasteiger partial charge in [0.2, 0.25) is 0 Å². The smallest absolute Gasteiger partial charge is 0.264 e. The van der Waals surface area contributed by atoms with Gasteiger partial charge in [-0.25, -0.2) is 0 Å². The summed E-state index contributed by atoms with van der Waals surface area (Å²) < 4.78 is 2.78. The van der Waals surface area contributed by atoms with Crippen molar-refractivity contribution >= 4 is 78.0 Å². The SMILES string of the molecule is Cc1cc(C)c(-c2cc3c4c(c2)N(c2ccc5c(c2)C(C)(C)CCC5(C)C)c2c(sc5cc(C(C)(C)C)ccc25)B4c2cc(C(C)(C)C)ccc2N3c2ccc(C(C)(C)C)cc2-c2ccccc2)c(C)c1. The maximum Gasteiger partial charge on any atom is 0.264 e. The van der Waals surface area contributed by atoms with Crippen molar-refractivity contribution in [2.75, 3.05) is 9.80 Å². The highest BCUT2D eigenvalue weighted by Gasteiger charge is 2.47. The van der Waals surface area contributed by atoms with Gasteiger partial charge in [-0.1, -0.05) is 174 Å². The van der Waals surface area contributed by atoms with Gasteiger partial charge in [-0.15, -0.1) is 11.3 Å². The Morgan fingerprint density at radius 1 is 0.507 bits per heavy atom. The van der Waals surface area contributed by atoms with Crippen LogP contribution in [0, 0.1) is 20.8 Å². The van der Waals surface area contributed by atoms with E-state index in [2.05, 4.69) is 248 Å². The fraction of sp³-hybridized carbons (Fsp3) is 0.343. The number of hydrogen-bond donors (Lipinski definition) is 0. The van der Waals surface area contributed by atoms with Crippen molar-refractivity contribution in [2.45, 2.75) is 151 Å². The van der Waals surface area contributed by atoms with Gasteiger partial charge in [-0.3, -0.25) is 0 Å². The fourth-order valence-electron chi connectivity index (χ4n) is 12.5. The minimum Gasteiger partial charge on any atom is -0.311 e. The minimum absolute atomic E-state index is 0.00609. The maximum absolute atomic E-state index is 2.72. The second-order valence-electron chi connectivity index (χ2n) is 26.0. The van der Waals surface area contributed by atoms with Crippen LogP contribution in [0.15, 0.2) is 127 Å². The zero-order chi connectivity index (χ0) is 50.5. The lowest BCUT2D eigenvalue weighted by Crippen LogP contribution is -2.60. The average Bonchev–Trinajstić information content (AvgIpc) is 3.67. The third-order valence-corrected chi connectivity index (χ3v) is 17.8. The van der Waals surface area contributed by atoms with Crippen molar-refractivity contribution in [3.63, 3.8) is 0 Å². The number of benzene rings is 7. The molecule has 0 atom stereocenters. The first-order chi connectivity index (χ1) is 33.3. The van der Waals surface area contributed by atoms with E-state index in [1.807, 2.05) is 11.3 Å². The maximum atomic E-state index is 2.72. The van der Waals surface area contributed by atoms with E-state index in [0.29, 0.717) is 0 Å². The van der Waals surface area contributed by atoms with Gasteiger partial charge in [-0.2, -0.15) is 0 Å². The van der Waals surface area contributed by atoms with Gasteiger partial charge in [0, 0.05) is 43.2 Å². The summed E-state index contributed by atoms with van der Waals surface area (Å²) in [6.07, 6.45) is 2.35. The molecule has 1 aliphatic carbocycles. The number of thiophene rings is 1. The predicted octanol–water partition coefficient (Wildman–Crippen LogP) is 17.5. The lowest BCUT2D eigenvalue weighted by Gasteiger charge is -2.45. The number of nitrogens with zero attached hydrogens (tertiary/aromatic N) is 2. The topological polar surface area (TPSA) is 6.48 Å². The molecule has 0 saturated heterocycles. The van der Waals surface area contributed by atoms with Gasteiger partial charge in [0.05, 0.1) is 11.4 Å². The van der Waals surface area contributed by atoms with E-state index in [-0.39, 0.29) is 33.8 Å². The van der Waals surface area contributed by atoms with E-state index in [9.17, 15) is 0 Å². The van der Waals surface area contributed by atoms with Gasteiger partial charge < -0.3 is 9.80 Å². The van der Waals surface area contributed by atoms with Gasteiger partial charge >= 0.3 is 0 Å². The molecule has 0 radical (unpaired) electrons. The first-order valence-corrected chi connectivity index (χ1v) is 27.1. The van der Waals surface area contributed by atoms with Crippen molar-refractivity contribution in [1.29, 1.82) is 0 Å². The second-order valence-corrected chi connectivity index (χ2v) is 27.0. The van der Waals surface area contributed by atoms with Gasteiger partial charge in [-0.05, 0) is 176 Å². The van der Waals surface area contributed by atoms with Crippen LogP contribution in [0.5, 0.6) is 0 Å². The summed E-state index contributed by atoms with van der Waals surface area (Å²) in [7, 11) is 0. The molecular formula is C67H73BN2S. The molecule has 0 N–H and O–H groups in total. The number of fused-ring (bicyclic) bond motifs is 7. The van der Waals surface area contributed by atoms with Crippen molar-refractivity contribution in [2.24, 2.45) is 0 Å². The Bertz CT molecular complexity index is 3450. The van der Waals surface area contributed by atoms with Crippen molar-refractivity contribution < 1.29 is 0 Å². The first-order valence-electron chi connectivity index (χ1n) is 26.2. The zero-order valence-electron chi connectivity index (χ0n) is 45.4. The quantitative estimate of drug-likeness (QED) is 0.162. The number of rotatable bonds is 4. The predicted molar refractivity (Wildman–Crippen MR) is 312 cm³/mol. The van der Waals surface area contributed by atoms with Crippen LogP contribution < -0.4 is 25.5 Å². The van der Waals surface area contributed by atoms with Gasteiger partial charge in [0.1, 0.15) is 0 Å². The molecule has 0 unspecified atom stereocenters. The molecule has 3 aliphatic rings. The monoisotopic (exact) mass is 949 g/mol. The summed E-state index contributed by atoms with van der Waals surface area (Å²) in [6, 6.07) is 50.7. The van der Waals surface area contributed by atoms with E-state index >= 15 is 0 Å². The third-order valence-electron chi connectivity index (χ3n) is 16.6. The van der Waals surface area contributed by atoms with Crippen molar-refractivity contribution in [1.82, 2.24) is 0 Å². The number of anilines is 6. The van der Waals surface area contributed by atoms with E-state index in [4.69, 9.17) is 0 Å². The molecule has 0 amide bonds. The largest absolute Gasteiger partial charge is 0.311 e. The number of hydrogen-bond acceptors (Lipinski definition) is 3. The highest BCUT2D eigenvalue weighted by atomic mass is 32.1. The molecule has 0 fully saturated rings. The van der Waals surface area contributed by atoms with Crippen LogP contribution in [0.2, 0.25) is 0 Å². The molecule has 2 nitrogen and oxygen atoms in total. The number of aryl methyl sites for hydroxylation is 3. The summed E-state index contributed by atoms with van der Waals surface area (Å²) in [6.45, 7) is 37.9. The Labute approximate surface area is 430 Å². The summed E-state index contributed by atoms with van der Waals surface area (Å²) in [5.74, 6) is 0.